The van der Waals surface area contributed by atoms with Crippen molar-refractivity contribution < 1.29 is 14.6 Å². The highest BCUT2D eigenvalue weighted by Gasteiger charge is 2.18. The Morgan fingerprint density at radius 1 is 1.03 bits per heavy atom. The van der Waals surface area contributed by atoms with E-state index in [0.29, 0.717) is 27.7 Å². The maximum Gasteiger partial charge on any atom is 0.259 e. The van der Waals surface area contributed by atoms with Gasteiger partial charge in [0.1, 0.15) is 11.5 Å². The van der Waals surface area contributed by atoms with E-state index in [4.69, 9.17) is 16.3 Å². The molecule has 0 bridgehead atoms. The first kappa shape index (κ1) is 20.4. The van der Waals surface area contributed by atoms with E-state index in [0.717, 1.165) is 10.8 Å². The SMILES string of the molecule is COc1ccccc1NC(=O)c1cc2ccccc2c(/C=N/c2ccc(Cl)cc2)c1O. The fourth-order valence-electron chi connectivity index (χ4n) is 3.27. The first-order valence-corrected chi connectivity index (χ1v) is 9.93. The van der Waals surface area contributed by atoms with Gasteiger partial charge in [0.2, 0.25) is 0 Å². The highest BCUT2D eigenvalue weighted by atomic mass is 35.5. The molecular formula is C25H19ClN2O3. The molecule has 154 valence electrons. The van der Waals surface area contributed by atoms with Crippen molar-refractivity contribution in [3.8, 4) is 11.5 Å². The number of phenols is 1. The molecule has 0 aliphatic carbocycles. The quantitative estimate of drug-likeness (QED) is 0.370. The second-order valence-electron chi connectivity index (χ2n) is 6.80. The molecule has 0 saturated heterocycles. The number of aromatic hydroxyl groups is 1. The monoisotopic (exact) mass is 430 g/mol. The number of nitrogens with zero attached hydrogens (tertiary/aromatic N) is 1. The normalized spacial score (nSPS) is 11.0. The minimum absolute atomic E-state index is 0.141. The molecule has 0 aliphatic heterocycles. The summed E-state index contributed by atoms with van der Waals surface area (Å²) in [6.45, 7) is 0. The molecule has 31 heavy (non-hydrogen) atoms. The van der Waals surface area contributed by atoms with E-state index in [1.54, 1.807) is 54.7 Å². The van der Waals surface area contributed by atoms with Crippen LogP contribution in [0.15, 0.2) is 83.9 Å². The molecule has 0 aliphatic rings. The highest BCUT2D eigenvalue weighted by Crippen LogP contribution is 2.32. The predicted molar refractivity (Wildman–Crippen MR) is 125 cm³/mol. The summed E-state index contributed by atoms with van der Waals surface area (Å²) in [5.41, 5.74) is 1.79. The van der Waals surface area contributed by atoms with Crippen molar-refractivity contribution >= 4 is 45.9 Å². The van der Waals surface area contributed by atoms with Crippen LogP contribution >= 0.6 is 11.6 Å². The zero-order chi connectivity index (χ0) is 21.8. The number of aliphatic imine (C=N–C) groups is 1. The van der Waals surface area contributed by atoms with Crippen LogP contribution < -0.4 is 10.1 Å². The lowest BCUT2D eigenvalue weighted by atomic mass is 9.99. The predicted octanol–water partition coefficient (Wildman–Crippen LogP) is 6.21. The molecule has 4 aromatic carbocycles. The average Bonchev–Trinajstić information content (AvgIpc) is 2.79. The molecule has 4 aromatic rings. The molecule has 0 saturated carbocycles. The van der Waals surface area contributed by atoms with E-state index < -0.39 is 5.91 Å². The van der Waals surface area contributed by atoms with E-state index >= 15 is 0 Å². The van der Waals surface area contributed by atoms with Crippen molar-refractivity contribution in [3.05, 3.63) is 95.0 Å². The van der Waals surface area contributed by atoms with Gasteiger partial charge in [-0.3, -0.25) is 9.79 Å². The summed E-state index contributed by atoms with van der Waals surface area (Å²) < 4.78 is 5.29. The number of rotatable bonds is 5. The summed E-state index contributed by atoms with van der Waals surface area (Å²) in [4.78, 5) is 17.5. The van der Waals surface area contributed by atoms with Crippen LogP contribution in [0.25, 0.3) is 10.8 Å². The number of hydrogen-bond donors (Lipinski definition) is 2. The van der Waals surface area contributed by atoms with Crippen LogP contribution in [-0.4, -0.2) is 24.3 Å². The first-order valence-electron chi connectivity index (χ1n) is 9.55. The van der Waals surface area contributed by atoms with E-state index in [9.17, 15) is 9.90 Å². The van der Waals surface area contributed by atoms with Gasteiger partial charge in [-0.05, 0) is 53.2 Å². The Balaban J connectivity index is 1.77. The Morgan fingerprint density at radius 3 is 2.52 bits per heavy atom. The Kier molecular flexibility index (Phi) is 5.87. The van der Waals surface area contributed by atoms with Gasteiger partial charge >= 0.3 is 0 Å². The number of fused-ring (bicyclic) bond motifs is 1. The summed E-state index contributed by atoms with van der Waals surface area (Å²) in [5.74, 6) is -0.0710. The molecule has 0 aromatic heterocycles. The van der Waals surface area contributed by atoms with Gasteiger partial charge in [0, 0.05) is 16.8 Å². The van der Waals surface area contributed by atoms with Crippen molar-refractivity contribution in [3.63, 3.8) is 0 Å². The number of benzene rings is 4. The fraction of sp³-hybridized carbons (Fsp3) is 0.0400. The van der Waals surface area contributed by atoms with Crippen LogP contribution in [-0.2, 0) is 0 Å². The lowest BCUT2D eigenvalue weighted by molar-refractivity contribution is 0.102. The van der Waals surface area contributed by atoms with E-state index in [2.05, 4.69) is 10.3 Å². The van der Waals surface area contributed by atoms with Crippen molar-refractivity contribution in [2.24, 2.45) is 4.99 Å². The van der Waals surface area contributed by atoms with Crippen molar-refractivity contribution in [2.75, 3.05) is 12.4 Å². The number of anilines is 1. The number of para-hydroxylation sites is 2. The minimum atomic E-state index is -0.450. The average molecular weight is 431 g/mol. The molecule has 0 heterocycles. The van der Waals surface area contributed by atoms with Gasteiger partial charge in [0.25, 0.3) is 5.91 Å². The first-order chi connectivity index (χ1) is 15.1. The van der Waals surface area contributed by atoms with Gasteiger partial charge in [-0.15, -0.1) is 0 Å². The van der Waals surface area contributed by atoms with Gasteiger partial charge in [-0.1, -0.05) is 48.0 Å². The third kappa shape index (κ3) is 4.37. The second-order valence-corrected chi connectivity index (χ2v) is 7.23. The van der Waals surface area contributed by atoms with Crippen LogP contribution in [0.3, 0.4) is 0 Å². The molecule has 0 atom stereocenters. The molecule has 5 nitrogen and oxygen atoms in total. The molecule has 0 unspecified atom stereocenters. The number of nitrogens with one attached hydrogen (secondary N) is 1. The van der Waals surface area contributed by atoms with Crippen molar-refractivity contribution in [2.45, 2.75) is 0 Å². The van der Waals surface area contributed by atoms with Crippen LogP contribution in [0.1, 0.15) is 15.9 Å². The van der Waals surface area contributed by atoms with Crippen LogP contribution in [0, 0.1) is 0 Å². The minimum Gasteiger partial charge on any atom is -0.506 e. The van der Waals surface area contributed by atoms with Crippen LogP contribution in [0.5, 0.6) is 11.5 Å². The van der Waals surface area contributed by atoms with Gasteiger partial charge in [-0.2, -0.15) is 0 Å². The maximum atomic E-state index is 13.0. The molecule has 0 fully saturated rings. The lowest BCUT2D eigenvalue weighted by Crippen LogP contribution is -2.13. The fourth-order valence-corrected chi connectivity index (χ4v) is 3.40. The topological polar surface area (TPSA) is 70.9 Å². The van der Waals surface area contributed by atoms with Gasteiger partial charge in [0.05, 0.1) is 24.0 Å². The highest BCUT2D eigenvalue weighted by molar-refractivity contribution is 6.30. The van der Waals surface area contributed by atoms with E-state index in [1.165, 1.54) is 7.11 Å². The molecule has 0 spiro atoms. The van der Waals surface area contributed by atoms with E-state index in [1.807, 2.05) is 30.3 Å². The Hall–Kier alpha value is -3.83. The Morgan fingerprint density at radius 2 is 1.74 bits per heavy atom. The number of methoxy groups -OCH3 is 1. The number of phenolic OH excluding ortho intramolecular Hbond substituents is 1. The van der Waals surface area contributed by atoms with Crippen LogP contribution in [0.4, 0.5) is 11.4 Å². The molecule has 2 N–H and O–H groups in total. The van der Waals surface area contributed by atoms with Crippen LogP contribution in [0.2, 0.25) is 5.02 Å². The summed E-state index contributed by atoms with van der Waals surface area (Å²) in [5, 5.41) is 16.0. The third-order valence-electron chi connectivity index (χ3n) is 4.83. The van der Waals surface area contributed by atoms with Gasteiger partial charge in [-0.25, -0.2) is 0 Å². The summed E-state index contributed by atoms with van der Waals surface area (Å²) >= 11 is 5.93. The van der Waals surface area contributed by atoms with E-state index in [-0.39, 0.29) is 11.3 Å². The largest absolute Gasteiger partial charge is 0.506 e. The molecule has 1 amide bonds. The number of carbonyl (C=O) groups excluding carboxylic acids is 1. The Labute approximate surface area is 184 Å². The number of halogens is 1. The zero-order valence-corrected chi connectivity index (χ0v) is 17.4. The smallest absolute Gasteiger partial charge is 0.259 e. The molecule has 4 rings (SSSR count). The standard InChI is InChI=1S/C25H19ClN2O3/c1-31-23-9-5-4-8-22(23)28-25(30)20-14-16-6-2-3-7-19(16)21(24(20)29)15-27-18-12-10-17(26)11-13-18/h2-15,29H,1H3,(H,28,30)/b27-15+. The number of amides is 1. The van der Waals surface area contributed by atoms with Crippen molar-refractivity contribution in [1.29, 1.82) is 0 Å². The summed E-state index contributed by atoms with van der Waals surface area (Å²) in [7, 11) is 1.53. The third-order valence-corrected chi connectivity index (χ3v) is 5.08. The number of hydrogen-bond acceptors (Lipinski definition) is 4. The van der Waals surface area contributed by atoms with Gasteiger partial charge < -0.3 is 15.2 Å². The molecule has 6 heteroatoms. The lowest BCUT2D eigenvalue weighted by Gasteiger charge is -2.13. The summed E-state index contributed by atoms with van der Waals surface area (Å²) in [6.07, 6.45) is 1.56. The Bertz CT molecular complexity index is 1280. The molecular weight excluding hydrogens is 412 g/mol. The molecule has 0 radical (unpaired) electrons. The van der Waals surface area contributed by atoms with Crippen molar-refractivity contribution in [1.82, 2.24) is 0 Å². The maximum absolute atomic E-state index is 13.0. The van der Waals surface area contributed by atoms with Gasteiger partial charge in [0.15, 0.2) is 0 Å². The number of carbonyl (C=O) groups is 1. The zero-order valence-electron chi connectivity index (χ0n) is 16.7. The second kappa shape index (κ2) is 8.90. The summed E-state index contributed by atoms with van der Waals surface area (Å²) in [6, 6.07) is 23.3. The number of ether oxygens (including phenoxy) is 1.